The number of piperidine rings is 1. The largest absolute Gasteiger partial charge is 0.317 e. The molecule has 1 fully saturated rings. The Morgan fingerprint density at radius 2 is 1.83 bits per heavy atom. The van der Waals surface area contributed by atoms with Crippen molar-refractivity contribution in [2.24, 2.45) is 5.92 Å². The molecule has 1 aliphatic rings. The van der Waals surface area contributed by atoms with Gasteiger partial charge in [-0.3, -0.25) is 0 Å². The molecule has 1 heterocycles. The summed E-state index contributed by atoms with van der Waals surface area (Å²) in [5.41, 5.74) is 0. The molecule has 0 amide bonds. The Morgan fingerprint density at radius 1 is 1.17 bits per heavy atom. The lowest BCUT2D eigenvalue weighted by atomic mass is 9.94. The predicted octanol–water partition coefficient (Wildman–Crippen LogP) is 4.74. The van der Waals surface area contributed by atoms with Gasteiger partial charge in [-0.1, -0.05) is 15.9 Å². The molecule has 1 N–H and O–H groups in total. The van der Waals surface area contributed by atoms with Crippen LogP contribution in [0.1, 0.15) is 25.7 Å². The van der Waals surface area contributed by atoms with Crippen molar-refractivity contribution >= 4 is 40.1 Å². The fourth-order valence-corrected chi connectivity index (χ4v) is 3.40. The lowest BCUT2D eigenvalue weighted by Gasteiger charge is -2.22. The number of hydrogen-bond donors (Lipinski definition) is 1. The van der Waals surface area contributed by atoms with Gasteiger partial charge in [0.1, 0.15) is 0 Å². The average molecular weight is 351 g/mol. The van der Waals surface area contributed by atoms with Crippen molar-refractivity contribution in [1.82, 2.24) is 5.32 Å². The van der Waals surface area contributed by atoms with Crippen LogP contribution in [0.2, 0.25) is 0 Å². The third kappa shape index (κ3) is 5.96. The molecule has 18 heavy (non-hydrogen) atoms. The van der Waals surface area contributed by atoms with Crippen LogP contribution in [-0.4, -0.2) is 18.8 Å². The van der Waals surface area contributed by atoms with Crippen LogP contribution < -0.4 is 5.32 Å². The number of hydrogen-bond acceptors (Lipinski definition) is 2. The van der Waals surface area contributed by atoms with Crippen LogP contribution in [0.4, 0.5) is 0 Å². The normalized spacial score (nSPS) is 16.3. The van der Waals surface area contributed by atoms with Crippen molar-refractivity contribution in [3.8, 4) is 0 Å². The van der Waals surface area contributed by atoms with E-state index in [1.807, 2.05) is 11.8 Å². The van der Waals surface area contributed by atoms with E-state index in [4.69, 9.17) is 0 Å². The van der Waals surface area contributed by atoms with Crippen LogP contribution in [0.25, 0.3) is 0 Å². The first kappa shape index (κ1) is 16.4. The quantitative estimate of drug-likeness (QED) is 0.608. The maximum Gasteiger partial charge on any atom is 0.0176 e. The number of benzene rings is 1. The van der Waals surface area contributed by atoms with Crippen molar-refractivity contribution in [3.05, 3.63) is 28.7 Å². The van der Waals surface area contributed by atoms with Crippen LogP contribution in [-0.2, 0) is 0 Å². The third-order valence-corrected chi connectivity index (χ3v) is 4.92. The van der Waals surface area contributed by atoms with E-state index >= 15 is 0 Å². The molecule has 0 atom stereocenters. The third-order valence-electron chi connectivity index (χ3n) is 3.30. The maximum atomic E-state index is 3.46. The minimum Gasteiger partial charge on any atom is -0.317 e. The molecule has 1 saturated heterocycles. The zero-order valence-corrected chi connectivity index (χ0v) is 13.7. The second-order valence-electron chi connectivity index (χ2n) is 4.64. The van der Waals surface area contributed by atoms with Crippen molar-refractivity contribution in [1.29, 1.82) is 0 Å². The number of nitrogens with one attached hydrogen (secondary N) is 1. The van der Waals surface area contributed by atoms with Gasteiger partial charge in [-0.25, -0.2) is 0 Å². The van der Waals surface area contributed by atoms with Crippen molar-refractivity contribution < 1.29 is 0 Å². The Bertz CT molecular complexity index is 325. The molecule has 1 aromatic rings. The van der Waals surface area contributed by atoms with Gasteiger partial charge in [-0.2, -0.15) is 0 Å². The Morgan fingerprint density at radius 3 is 2.50 bits per heavy atom. The summed E-state index contributed by atoms with van der Waals surface area (Å²) in [6.45, 7) is 2.45. The number of rotatable bonds is 5. The maximum absolute atomic E-state index is 3.46. The van der Waals surface area contributed by atoms with Gasteiger partial charge in [0.2, 0.25) is 0 Å². The van der Waals surface area contributed by atoms with Gasteiger partial charge >= 0.3 is 0 Å². The molecular formula is C14H21BrClNS. The lowest BCUT2D eigenvalue weighted by Crippen LogP contribution is -2.27. The summed E-state index contributed by atoms with van der Waals surface area (Å²) in [5, 5.41) is 3.43. The average Bonchev–Trinajstić information content (AvgIpc) is 2.38. The van der Waals surface area contributed by atoms with Gasteiger partial charge in [-0.05, 0) is 74.7 Å². The van der Waals surface area contributed by atoms with Crippen LogP contribution >= 0.6 is 40.1 Å². The van der Waals surface area contributed by atoms with E-state index in [9.17, 15) is 0 Å². The highest BCUT2D eigenvalue weighted by Crippen LogP contribution is 2.24. The summed E-state index contributed by atoms with van der Waals surface area (Å²) in [7, 11) is 0. The fraction of sp³-hybridized carbons (Fsp3) is 0.571. The van der Waals surface area contributed by atoms with E-state index < -0.39 is 0 Å². The summed E-state index contributed by atoms with van der Waals surface area (Å²) in [4.78, 5) is 1.39. The molecule has 2 rings (SSSR count). The Hall–Kier alpha value is 0.300. The lowest BCUT2D eigenvalue weighted by molar-refractivity contribution is 0.352. The van der Waals surface area contributed by atoms with Crippen LogP contribution in [0, 0.1) is 5.92 Å². The molecule has 0 saturated carbocycles. The van der Waals surface area contributed by atoms with Gasteiger partial charge < -0.3 is 5.32 Å². The topological polar surface area (TPSA) is 12.0 Å². The summed E-state index contributed by atoms with van der Waals surface area (Å²) < 4.78 is 1.16. The molecular weight excluding hydrogens is 330 g/mol. The first-order chi connectivity index (χ1) is 8.34. The van der Waals surface area contributed by atoms with Crippen molar-refractivity contribution in [2.75, 3.05) is 18.8 Å². The minimum atomic E-state index is 0. The summed E-state index contributed by atoms with van der Waals surface area (Å²) >= 11 is 5.45. The van der Waals surface area contributed by atoms with Gasteiger partial charge in [0.15, 0.2) is 0 Å². The summed E-state index contributed by atoms with van der Waals surface area (Å²) in [6.07, 6.45) is 5.52. The monoisotopic (exact) mass is 349 g/mol. The highest BCUT2D eigenvalue weighted by Gasteiger charge is 2.11. The van der Waals surface area contributed by atoms with E-state index in [0.717, 1.165) is 10.4 Å². The van der Waals surface area contributed by atoms with Crippen LogP contribution in [0.5, 0.6) is 0 Å². The molecule has 1 nitrogen and oxygen atoms in total. The van der Waals surface area contributed by atoms with E-state index in [1.54, 1.807) is 0 Å². The standard InChI is InChI=1S/C14H20BrNS.ClH/c15-13-3-5-14(6-4-13)17-11-1-2-12-7-9-16-10-8-12;/h3-6,12,16H,1-2,7-11H2;1H. The van der Waals surface area contributed by atoms with E-state index in [1.165, 1.54) is 49.4 Å². The number of halogens is 2. The SMILES string of the molecule is Brc1ccc(SCCCC2CCNCC2)cc1.Cl. The van der Waals surface area contributed by atoms with Crippen molar-refractivity contribution in [2.45, 2.75) is 30.6 Å². The number of thioether (sulfide) groups is 1. The zero-order valence-electron chi connectivity index (χ0n) is 10.5. The Labute approximate surface area is 129 Å². The second kappa shape index (κ2) is 9.24. The first-order valence-corrected chi connectivity index (χ1v) is 8.21. The van der Waals surface area contributed by atoms with Gasteiger partial charge in [0.25, 0.3) is 0 Å². The molecule has 0 aliphatic carbocycles. The second-order valence-corrected chi connectivity index (χ2v) is 6.72. The molecule has 1 aliphatic heterocycles. The Kier molecular flexibility index (Phi) is 8.40. The van der Waals surface area contributed by atoms with Crippen LogP contribution in [0.3, 0.4) is 0 Å². The molecule has 4 heteroatoms. The molecule has 102 valence electrons. The Balaban J connectivity index is 0.00000162. The first-order valence-electron chi connectivity index (χ1n) is 6.44. The highest BCUT2D eigenvalue weighted by atomic mass is 79.9. The van der Waals surface area contributed by atoms with Gasteiger partial charge in [0.05, 0.1) is 0 Å². The zero-order chi connectivity index (χ0) is 11.9. The van der Waals surface area contributed by atoms with Gasteiger partial charge in [0, 0.05) is 9.37 Å². The highest BCUT2D eigenvalue weighted by molar-refractivity contribution is 9.10. The van der Waals surface area contributed by atoms with E-state index in [0.29, 0.717) is 0 Å². The summed E-state index contributed by atoms with van der Waals surface area (Å²) in [6, 6.07) is 8.63. The van der Waals surface area contributed by atoms with Crippen molar-refractivity contribution in [3.63, 3.8) is 0 Å². The minimum absolute atomic E-state index is 0. The molecule has 0 radical (unpaired) electrons. The fourth-order valence-electron chi connectivity index (χ4n) is 2.26. The molecule has 0 spiro atoms. The van der Waals surface area contributed by atoms with Crippen LogP contribution in [0.15, 0.2) is 33.6 Å². The van der Waals surface area contributed by atoms with E-state index in [-0.39, 0.29) is 12.4 Å². The smallest absolute Gasteiger partial charge is 0.0176 e. The predicted molar refractivity (Wildman–Crippen MR) is 86.9 cm³/mol. The molecule has 0 bridgehead atoms. The van der Waals surface area contributed by atoms with E-state index in [2.05, 4.69) is 45.5 Å². The van der Waals surface area contributed by atoms with Gasteiger partial charge in [-0.15, -0.1) is 24.2 Å². The summed E-state index contributed by atoms with van der Waals surface area (Å²) in [5.74, 6) is 2.23. The molecule has 1 aromatic carbocycles. The molecule has 0 aromatic heterocycles. The molecule has 0 unspecified atom stereocenters.